The molecule has 0 atom stereocenters. The van der Waals surface area contributed by atoms with Gasteiger partial charge < -0.3 is 4.74 Å². The molecule has 0 radical (unpaired) electrons. The van der Waals surface area contributed by atoms with Crippen molar-refractivity contribution in [3.8, 4) is 17.6 Å². The van der Waals surface area contributed by atoms with Crippen molar-refractivity contribution in [3.63, 3.8) is 0 Å². The summed E-state index contributed by atoms with van der Waals surface area (Å²) >= 11 is 0. The molecule has 1 fully saturated rings. The van der Waals surface area contributed by atoms with Crippen LogP contribution in [-0.2, 0) is 0 Å². The van der Waals surface area contributed by atoms with Crippen LogP contribution in [0.15, 0.2) is 30.4 Å². The van der Waals surface area contributed by atoms with Gasteiger partial charge in [-0.05, 0) is 62.1 Å². The van der Waals surface area contributed by atoms with E-state index in [4.69, 9.17) is 4.74 Å². The van der Waals surface area contributed by atoms with E-state index >= 15 is 0 Å². The van der Waals surface area contributed by atoms with E-state index in [-0.39, 0.29) is 5.82 Å². The minimum absolute atomic E-state index is 0.304. The Hall–Kier alpha value is -1.75. The number of ether oxygens (including phenoxy) is 1. The number of rotatable bonds is 10. The van der Waals surface area contributed by atoms with Crippen molar-refractivity contribution in [2.24, 2.45) is 11.8 Å². The number of halogens is 1. The van der Waals surface area contributed by atoms with Crippen LogP contribution in [0.1, 0.15) is 90.0 Å². The van der Waals surface area contributed by atoms with E-state index in [1.165, 1.54) is 57.4 Å². The Balaban J connectivity index is 1.74. The van der Waals surface area contributed by atoms with Crippen molar-refractivity contribution in [2.75, 3.05) is 6.61 Å². The van der Waals surface area contributed by atoms with E-state index in [9.17, 15) is 4.39 Å². The Morgan fingerprint density at radius 3 is 2.50 bits per heavy atom. The highest BCUT2D eigenvalue weighted by molar-refractivity contribution is 5.41. The van der Waals surface area contributed by atoms with Crippen LogP contribution in [0.4, 0.5) is 4.39 Å². The van der Waals surface area contributed by atoms with Gasteiger partial charge in [0.1, 0.15) is 11.6 Å². The molecule has 2 heteroatoms. The Bertz CT molecular complexity index is 644. The lowest BCUT2D eigenvalue weighted by Crippen LogP contribution is -2.12. The number of hydrogen-bond donors (Lipinski definition) is 0. The molecule has 1 aromatic rings. The van der Waals surface area contributed by atoms with Crippen LogP contribution in [0.5, 0.6) is 5.75 Å². The van der Waals surface area contributed by atoms with Crippen molar-refractivity contribution in [3.05, 3.63) is 41.7 Å². The summed E-state index contributed by atoms with van der Waals surface area (Å²) in [5.74, 6) is 7.80. The molecule has 0 spiro atoms. The van der Waals surface area contributed by atoms with Crippen LogP contribution in [0.3, 0.4) is 0 Å². The van der Waals surface area contributed by atoms with E-state index < -0.39 is 0 Å². The minimum Gasteiger partial charge on any atom is -0.493 e. The Morgan fingerprint density at radius 2 is 1.79 bits per heavy atom. The summed E-state index contributed by atoms with van der Waals surface area (Å²) < 4.78 is 19.8. The second-order valence-electron chi connectivity index (χ2n) is 8.10. The largest absolute Gasteiger partial charge is 0.493 e. The average Bonchev–Trinajstić information content (AvgIpc) is 2.71. The Kier molecular flexibility index (Phi) is 10.8. The number of hydrogen-bond acceptors (Lipinski definition) is 1. The third-order valence-electron chi connectivity index (χ3n) is 5.72. The van der Waals surface area contributed by atoms with E-state index in [1.54, 1.807) is 6.07 Å². The van der Waals surface area contributed by atoms with Crippen LogP contribution in [-0.4, -0.2) is 6.61 Å². The van der Waals surface area contributed by atoms with Crippen molar-refractivity contribution >= 4 is 0 Å². The second-order valence-corrected chi connectivity index (χ2v) is 8.10. The van der Waals surface area contributed by atoms with Crippen LogP contribution in [0, 0.1) is 29.5 Å². The molecule has 0 saturated heterocycles. The molecule has 28 heavy (non-hydrogen) atoms. The van der Waals surface area contributed by atoms with Gasteiger partial charge in [-0.15, -0.1) is 0 Å². The predicted octanol–water partition coefficient (Wildman–Crippen LogP) is 7.69. The zero-order valence-corrected chi connectivity index (χ0v) is 17.8. The van der Waals surface area contributed by atoms with Gasteiger partial charge in [-0.25, -0.2) is 4.39 Å². The molecule has 0 unspecified atom stereocenters. The molecule has 1 aliphatic carbocycles. The quantitative estimate of drug-likeness (QED) is 0.297. The zero-order chi connectivity index (χ0) is 20.0. The summed E-state index contributed by atoms with van der Waals surface area (Å²) in [6.45, 7) is 5.06. The van der Waals surface area contributed by atoms with E-state index in [0.717, 1.165) is 25.2 Å². The lowest BCUT2D eigenvalue weighted by atomic mass is 9.79. The van der Waals surface area contributed by atoms with Gasteiger partial charge in [0.2, 0.25) is 0 Å². The standard InChI is InChI=1S/C26H37FO/c1-3-5-7-11-22-14-16-23(17-15-22)12-8-9-13-24-18-19-25(21-26(24)27)28-20-10-6-4-2/h8,12,18-19,21-23H,3-7,10-11,14-17,20H2,1-2H3. The fraction of sp³-hybridized carbons (Fsp3) is 0.615. The summed E-state index contributed by atoms with van der Waals surface area (Å²) in [7, 11) is 0. The number of allylic oxidation sites excluding steroid dienone is 2. The third kappa shape index (κ3) is 8.51. The smallest absolute Gasteiger partial charge is 0.142 e. The summed E-state index contributed by atoms with van der Waals surface area (Å²) in [6.07, 6.45) is 18.1. The van der Waals surface area contributed by atoms with Crippen molar-refractivity contribution in [1.82, 2.24) is 0 Å². The van der Waals surface area contributed by atoms with E-state index in [1.807, 2.05) is 12.1 Å². The maximum atomic E-state index is 14.2. The first kappa shape index (κ1) is 22.5. The van der Waals surface area contributed by atoms with Gasteiger partial charge in [0.05, 0.1) is 12.2 Å². The van der Waals surface area contributed by atoms with Gasteiger partial charge in [-0.2, -0.15) is 0 Å². The SMILES string of the molecule is CCCCCOc1ccc(C#CC=CC2CCC(CCCCC)CC2)c(F)c1. The fourth-order valence-electron chi connectivity index (χ4n) is 3.89. The third-order valence-corrected chi connectivity index (χ3v) is 5.72. The van der Waals surface area contributed by atoms with Crippen LogP contribution >= 0.6 is 0 Å². The monoisotopic (exact) mass is 384 g/mol. The maximum absolute atomic E-state index is 14.2. The van der Waals surface area contributed by atoms with Gasteiger partial charge in [-0.3, -0.25) is 0 Å². The van der Waals surface area contributed by atoms with Crippen molar-refractivity contribution < 1.29 is 9.13 Å². The molecule has 1 aliphatic rings. The van der Waals surface area contributed by atoms with Gasteiger partial charge in [0.25, 0.3) is 0 Å². The normalized spacial score (nSPS) is 19.4. The summed E-state index contributed by atoms with van der Waals surface area (Å²) in [5, 5.41) is 0. The van der Waals surface area contributed by atoms with Crippen molar-refractivity contribution in [2.45, 2.75) is 84.5 Å². The first-order valence-corrected chi connectivity index (χ1v) is 11.3. The highest BCUT2D eigenvalue weighted by Crippen LogP contribution is 2.32. The molecule has 0 aromatic heterocycles. The molecule has 0 amide bonds. The van der Waals surface area contributed by atoms with Crippen LogP contribution in [0.2, 0.25) is 0 Å². The second kappa shape index (κ2) is 13.4. The molecule has 1 nitrogen and oxygen atoms in total. The Labute approximate surface area is 171 Å². The van der Waals surface area contributed by atoms with Gasteiger partial charge in [-0.1, -0.05) is 70.3 Å². The molecule has 2 rings (SSSR count). The van der Waals surface area contributed by atoms with Gasteiger partial charge in [0.15, 0.2) is 0 Å². The predicted molar refractivity (Wildman–Crippen MR) is 117 cm³/mol. The molecular weight excluding hydrogens is 347 g/mol. The lowest BCUT2D eigenvalue weighted by Gasteiger charge is -2.26. The van der Waals surface area contributed by atoms with Crippen molar-refractivity contribution in [1.29, 1.82) is 0 Å². The average molecular weight is 385 g/mol. The molecule has 0 heterocycles. The molecular formula is C26H37FO. The molecule has 1 saturated carbocycles. The maximum Gasteiger partial charge on any atom is 0.142 e. The minimum atomic E-state index is -0.304. The van der Waals surface area contributed by atoms with Gasteiger partial charge in [0, 0.05) is 6.07 Å². The number of unbranched alkanes of at least 4 members (excludes halogenated alkanes) is 4. The topological polar surface area (TPSA) is 9.23 Å². The van der Waals surface area contributed by atoms with Gasteiger partial charge >= 0.3 is 0 Å². The van der Waals surface area contributed by atoms with E-state index in [2.05, 4.69) is 31.8 Å². The molecule has 1 aromatic carbocycles. The summed E-state index contributed by atoms with van der Waals surface area (Å²) in [6, 6.07) is 4.97. The first-order valence-electron chi connectivity index (χ1n) is 11.3. The Morgan fingerprint density at radius 1 is 1.04 bits per heavy atom. The molecule has 0 aliphatic heterocycles. The molecule has 0 N–H and O–H groups in total. The molecule has 154 valence electrons. The first-order chi connectivity index (χ1) is 13.7. The highest BCUT2D eigenvalue weighted by atomic mass is 19.1. The van der Waals surface area contributed by atoms with Crippen LogP contribution in [0.25, 0.3) is 0 Å². The zero-order valence-electron chi connectivity index (χ0n) is 17.8. The highest BCUT2D eigenvalue weighted by Gasteiger charge is 2.18. The van der Waals surface area contributed by atoms with E-state index in [0.29, 0.717) is 23.8 Å². The fourth-order valence-corrected chi connectivity index (χ4v) is 3.89. The molecule has 0 bridgehead atoms. The summed E-state index contributed by atoms with van der Waals surface area (Å²) in [5.41, 5.74) is 0.435. The van der Waals surface area contributed by atoms with Crippen LogP contribution < -0.4 is 4.74 Å². The summed E-state index contributed by atoms with van der Waals surface area (Å²) in [4.78, 5) is 0. The lowest BCUT2D eigenvalue weighted by molar-refractivity contribution is 0.289. The number of benzene rings is 1.